The van der Waals surface area contributed by atoms with Crippen LogP contribution in [0.5, 0.6) is 0 Å². The van der Waals surface area contributed by atoms with Crippen LogP contribution >= 0.6 is 0 Å². The first-order valence-electron chi connectivity index (χ1n) is 14.5. The minimum atomic E-state index is -0.731. The van der Waals surface area contributed by atoms with Crippen molar-refractivity contribution >= 4 is 11.9 Å². The van der Waals surface area contributed by atoms with E-state index in [9.17, 15) is 9.59 Å². The van der Waals surface area contributed by atoms with Gasteiger partial charge in [0.1, 0.15) is 6.10 Å². The van der Waals surface area contributed by atoms with E-state index in [0.29, 0.717) is 12.8 Å². The van der Waals surface area contributed by atoms with Crippen LogP contribution < -0.4 is 0 Å². The van der Waals surface area contributed by atoms with Gasteiger partial charge in [0, 0.05) is 12.8 Å². The fourth-order valence-corrected chi connectivity index (χ4v) is 4.47. The maximum absolute atomic E-state index is 12.2. The second-order valence-electron chi connectivity index (χ2n) is 9.95. The minimum absolute atomic E-state index is 0.00776. The van der Waals surface area contributed by atoms with Gasteiger partial charge in [-0.25, -0.2) is 0 Å². The average molecular weight is 469 g/mol. The number of rotatable bonds is 26. The third-order valence-corrected chi connectivity index (χ3v) is 6.56. The van der Waals surface area contributed by atoms with Crippen molar-refractivity contribution in [1.29, 1.82) is 0 Å². The highest BCUT2D eigenvalue weighted by atomic mass is 16.5. The number of unbranched alkanes of at least 4 members (excludes halogenated alkanes) is 17. The Balaban J connectivity index is 3.47. The molecule has 0 aromatic rings. The first-order chi connectivity index (χ1) is 16.1. The van der Waals surface area contributed by atoms with E-state index < -0.39 is 5.97 Å². The third kappa shape index (κ3) is 25.4. The fraction of sp³-hybridized carbons (Fsp3) is 0.931. The number of carbonyl (C=O) groups excluding carboxylic acids is 1. The van der Waals surface area contributed by atoms with Crippen molar-refractivity contribution in [3.05, 3.63) is 0 Å². The van der Waals surface area contributed by atoms with Gasteiger partial charge in [0.05, 0.1) is 0 Å². The average Bonchev–Trinajstić information content (AvgIpc) is 2.78. The van der Waals surface area contributed by atoms with Crippen LogP contribution in [-0.4, -0.2) is 23.1 Å². The van der Waals surface area contributed by atoms with Gasteiger partial charge in [-0.05, 0) is 32.1 Å². The van der Waals surface area contributed by atoms with Crippen LogP contribution in [0.4, 0.5) is 0 Å². The summed E-state index contributed by atoms with van der Waals surface area (Å²) in [5.41, 5.74) is 0. The van der Waals surface area contributed by atoms with E-state index in [1.807, 2.05) is 0 Å². The number of ether oxygens (including phenoxy) is 1. The maximum atomic E-state index is 12.2. The predicted molar refractivity (Wildman–Crippen MR) is 140 cm³/mol. The fourth-order valence-electron chi connectivity index (χ4n) is 4.47. The molecule has 0 aromatic heterocycles. The van der Waals surface area contributed by atoms with E-state index in [-0.39, 0.29) is 18.5 Å². The highest BCUT2D eigenvalue weighted by molar-refractivity contribution is 5.69. The second kappa shape index (κ2) is 25.6. The van der Waals surface area contributed by atoms with Crippen molar-refractivity contribution in [1.82, 2.24) is 0 Å². The topological polar surface area (TPSA) is 63.6 Å². The number of esters is 1. The number of hydrogen-bond acceptors (Lipinski definition) is 3. The molecule has 0 heterocycles. The molecule has 0 aliphatic carbocycles. The van der Waals surface area contributed by atoms with Gasteiger partial charge in [0.25, 0.3) is 0 Å². The molecule has 196 valence electrons. The molecule has 0 rings (SSSR count). The van der Waals surface area contributed by atoms with Gasteiger partial charge in [-0.15, -0.1) is 0 Å². The number of carbonyl (C=O) groups is 2. The monoisotopic (exact) mass is 468 g/mol. The van der Waals surface area contributed by atoms with Crippen LogP contribution in [0.15, 0.2) is 0 Å². The zero-order valence-electron chi connectivity index (χ0n) is 22.2. The Kier molecular flexibility index (Phi) is 24.7. The lowest BCUT2D eigenvalue weighted by atomic mass is 10.0. The standard InChI is InChI=1S/C29H56O4/c1-3-5-6-7-8-9-10-11-12-13-14-15-16-17-18-22-26-29(32)33-27(23-4-2)24-20-19-21-25-28(30)31/h27H,3-26H2,1-2H3,(H,30,31). The van der Waals surface area contributed by atoms with Crippen LogP contribution in [0.2, 0.25) is 0 Å². The molecule has 0 radical (unpaired) electrons. The highest BCUT2D eigenvalue weighted by Crippen LogP contribution is 2.16. The Hall–Kier alpha value is -1.06. The van der Waals surface area contributed by atoms with E-state index in [4.69, 9.17) is 9.84 Å². The van der Waals surface area contributed by atoms with Crippen molar-refractivity contribution in [3.8, 4) is 0 Å². The zero-order valence-corrected chi connectivity index (χ0v) is 22.2. The molecule has 0 saturated heterocycles. The molecule has 0 amide bonds. The zero-order chi connectivity index (χ0) is 24.4. The first kappa shape index (κ1) is 31.9. The Labute approximate surface area is 205 Å². The molecule has 0 saturated carbocycles. The van der Waals surface area contributed by atoms with E-state index in [2.05, 4.69) is 13.8 Å². The molecule has 1 N–H and O–H groups in total. The molecule has 4 heteroatoms. The van der Waals surface area contributed by atoms with E-state index in [0.717, 1.165) is 44.9 Å². The van der Waals surface area contributed by atoms with E-state index in [1.165, 1.54) is 89.9 Å². The van der Waals surface area contributed by atoms with Gasteiger partial charge in [-0.3, -0.25) is 9.59 Å². The van der Waals surface area contributed by atoms with Crippen LogP contribution in [0.3, 0.4) is 0 Å². The summed E-state index contributed by atoms with van der Waals surface area (Å²) in [4.78, 5) is 22.7. The number of aliphatic carboxylic acids is 1. The SMILES string of the molecule is CCCCCCCCCCCCCCCCCCC(=O)OC(CCC)CCCCCC(=O)O. The van der Waals surface area contributed by atoms with Crippen LogP contribution in [-0.2, 0) is 14.3 Å². The molecule has 0 spiro atoms. The Morgan fingerprint density at radius 2 is 0.970 bits per heavy atom. The molecule has 0 aliphatic rings. The van der Waals surface area contributed by atoms with Crippen LogP contribution in [0.25, 0.3) is 0 Å². The van der Waals surface area contributed by atoms with Crippen LogP contribution in [0, 0.1) is 0 Å². The lowest BCUT2D eigenvalue weighted by molar-refractivity contribution is -0.150. The first-order valence-corrected chi connectivity index (χ1v) is 14.5. The number of carboxylic acids is 1. The summed E-state index contributed by atoms with van der Waals surface area (Å²) in [5.74, 6) is -0.783. The Bertz CT molecular complexity index is 435. The largest absolute Gasteiger partial charge is 0.481 e. The van der Waals surface area contributed by atoms with E-state index in [1.54, 1.807) is 0 Å². The van der Waals surface area contributed by atoms with Gasteiger partial charge in [0.15, 0.2) is 0 Å². The number of hydrogen-bond donors (Lipinski definition) is 1. The lowest BCUT2D eigenvalue weighted by Gasteiger charge is -2.17. The van der Waals surface area contributed by atoms with E-state index >= 15 is 0 Å². The molecule has 1 unspecified atom stereocenters. The molecular formula is C29H56O4. The molecule has 33 heavy (non-hydrogen) atoms. The predicted octanol–water partition coefficient (Wildman–Crippen LogP) is 9.39. The van der Waals surface area contributed by atoms with Crippen LogP contribution in [0.1, 0.15) is 168 Å². The van der Waals surface area contributed by atoms with Crippen molar-refractivity contribution < 1.29 is 19.4 Å². The lowest BCUT2D eigenvalue weighted by Crippen LogP contribution is -2.18. The summed E-state index contributed by atoms with van der Waals surface area (Å²) in [6.07, 6.45) is 27.5. The van der Waals surface area contributed by atoms with Gasteiger partial charge < -0.3 is 9.84 Å². The van der Waals surface area contributed by atoms with Gasteiger partial charge in [0.2, 0.25) is 0 Å². The molecule has 0 aliphatic heterocycles. The summed E-state index contributed by atoms with van der Waals surface area (Å²) >= 11 is 0. The summed E-state index contributed by atoms with van der Waals surface area (Å²) < 4.78 is 5.69. The minimum Gasteiger partial charge on any atom is -0.481 e. The second-order valence-corrected chi connectivity index (χ2v) is 9.95. The normalized spacial score (nSPS) is 12.1. The van der Waals surface area contributed by atoms with Crippen molar-refractivity contribution in [2.24, 2.45) is 0 Å². The van der Waals surface area contributed by atoms with Crippen molar-refractivity contribution in [3.63, 3.8) is 0 Å². The van der Waals surface area contributed by atoms with Gasteiger partial charge in [-0.1, -0.05) is 123 Å². The maximum Gasteiger partial charge on any atom is 0.306 e. The van der Waals surface area contributed by atoms with Gasteiger partial charge in [-0.2, -0.15) is 0 Å². The quantitative estimate of drug-likeness (QED) is 0.101. The molecule has 0 aromatic carbocycles. The Morgan fingerprint density at radius 3 is 1.42 bits per heavy atom. The summed E-state index contributed by atoms with van der Waals surface area (Å²) in [6, 6.07) is 0. The molecule has 0 fully saturated rings. The molecule has 0 bridgehead atoms. The smallest absolute Gasteiger partial charge is 0.306 e. The summed E-state index contributed by atoms with van der Waals surface area (Å²) in [6.45, 7) is 4.39. The highest BCUT2D eigenvalue weighted by Gasteiger charge is 2.13. The van der Waals surface area contributed by atoms with Crippen molar-refractivity contribution in [2.45, 2.75) is 174 Å². The Morgan fingerprint density at radius 1 is 0.545 bits per heavy atom. The number of carboxylic acid groups (broad SMARTS) is 1. The molecule has 4 nitrogen and oxygen atoms in total. The summed E-state index contributed by atoms with van der Waals surface area (Å²) in [5, 5.41) is 8.69. The summed E-state index contributed by atoms with van der Waals surface area (Å²) in [7, 11) is 0. The third-order valence-electron chi connectivity index (χ3n) is 6.56. The van der Waals surface area contributed by atoms with Gasteiger partial charge >= 0.3 is 11.9 Å². The molecular weight excluding hydrogens is 412 g/mol. The van der Waals surface area contributed by atoms with Crippen molar-refractivity contribution in [2.75, 3.05) is 0 Å². The molecule has 1 atom stereocenters.